The first-order valence-electron chi connectivity index (χ1n) is 7.58. The monoisotopic (exact) mass is 396 g/mol. The minimum absolute atomic E-state index is 0.0351. The number of hydrogen-bond donors (Lipinski definition) is 2. The van der Waals surface area contributed by atoms with Gasteiger partial charge in [0.05, 0.1) is 5.02 Å². The van der Waals surface area contributed by atoms with Crippen LogP contribution in [0.2, 0.25) is 10.0 Å². The molecule has 0 spiro atoms. The zero-order valence-electron chi connectivity index (χ0n) is 13.3. The quantitative estimate of drug-likeness (QED) is 0.774. The van der Waals surface area contributed by atoms with Gasteiger partial charge in [-0.3, -0.25) is 20.4 Å². The van der Waals surface area contributed by atoms with E-state index in [0.717, 1.165) is 0 Å². The van der Waals surface area contributed by atoms with E-state index >= 15 is 0 Å². The number of benzene rings is 2. The Bertz CT molecular complexity index is 831. The Morgan fingerprint density at radius 2 is 1.88 bits per heavy atom. The van der Waals surface area contributed by atoms with Crippen molar-refractivity contribution >= 4 is 35.0 Å². The van der Waals surface area contributed by atoms with Crippen molar-refractivity contribution in [2.24, 2.45) is 0 Å². The molecule has 0 aromatic heterocycles. The average Bonchev–Trinajstić information content (AvgIpc) is 2.66. The van der Waals surface area contributed by atoms with Crippen molar-refractivity contribution in [3.63, 3.8) is 0 Å². The molecule has 0 unspecified atom stereocenters. The molecular weight excluding hydrogens is 383 g/mol. The summed E-state index contributed by atoms with van der Waals surface area (Å²) in [5, 5.41) is 0.741. The van der Waals surface area contributed by atoms with Crippen LogP contribution in [-0.2, 0) is 9.59 Å². The molecule has 1 atom stereocenters. The Balaban J connectivity index is 1.46. The van der Waals surface area contributed by atoms with Gasteiger partial charge < -0.3 is 14.2 Å². The smallest absolute Gasteiger partial charge is 0.283 e. The van der Waals surface area contributed by atoms with Crippen LogP contribution in [0.1, 0.15) is 0 Å². The van der Waals surface area contributed by atoms with Crippen LogP contribution in [0.3, 0.4) is 0 Å². The van der Waals surface area contributed by atoms with E-state index in [-0.39, 0.29) is 19.0 Å². The Kier molecular flexibility index (Phi) is 5.70. The molecule has 0 saturated carbocycles. The highest BCUT2D eigenvalue weighted by Crippen LogP contribution is 2.30. The highest BCUT2D eigenvalue weighted by Gasteiger charge is 2.27. The molecule has 7 nitrogen and oxygen atoms in total. The van der Waals surface area contributed by atoms with Crippen LogP contribution in [0.4, 0.5) is 0 Å². The summed E-state index contributed by atoms with van der Waals surface area (Å²) in [6.45, 7) is -0.321. The first-order chi connectivity index (χ1) is 12.5. The first kappa shape index (κ1) is 18.2. The molecule has 3 rings (SSSR count). The van der Waals surface area contributed by atoms with E-state index < -0.39 is 17.9 Å². The van der Waals surface area contributed by atoms with E-state index in [1.54, 1.807) is 36.4 Å². The van der Waals surface area contributed by atoms with E-state index in [2.05, 4.69) is 10.9 Å². The lowest BCUT2D eigenvalue weighted by molar-refractivity contribution is -0.135. The van der Waals surface area contributed by atoms with Gasteiger partial charge >= 0.3 is 0 Å². The first-order valence-corrected chi connectivity index (χ1v) is 8.33. The van der Waals surface area contributed by atoms with Gasteiger partial charge in [-0.25, -0.2) is 0 Å². The largest absolute Gasteiger partial charge is 0.485 e. The fourth-order valence-corrected chi connectivity index (χ4v) is 2.46. The summed E-state index contributed by atoms with van der Waals surface area (Å²) in [6.07, 6.45) is -0.881. The molecule has 26 heavy (non-hydrogen) atoms. The van der Waals surface area contributed by atoms with Crippen molar-refractivity contribution in [2.75, 3.05) is 13.2 Å². The number of hydrazine groups is 1. The summed E-state index contributed by atoms with van der Waals surface area (Å²) in [5.41, 5.74) is 4.50. The normalized spacial score (nSPS) is 15.1. The molecule has 2 aromatic rings. The van der Waals surface area contributed by atoms with Gasteiger partial charge in [0.15, 0.2) is 18.1 Å². The maximum atomic E-state index is 12.1. The van der Waals surface area contributed by atoms with Gasteiger partial charge in [0.2, 0.25) is 6.10 Å². The fraction of sp³-hybridized carbons (Fsp3) is 0.176. The number of carbonyl (C=O) groups excluding carboxylic acids is 2. The van der Waals surface area contributed by atoms with Crippen molar-refractivity contribution in [1.82, 2.24) is 10.9 Å². The molecule has 0 radical (unpaired) electrons. The Morgan fingerprint density at radius 1 is 1.12 bits per heavy atom. The number of fused-ring (bicyclic) bond motifs is 1. The molecule has 1 aliphatic rings. The van der Waals surface area contributed by atoms with E-state index in [9.17, 15) is 9.59 Å². The second kappa shape index (κ2) is 8.16. The number of nitrogens with one attached hydrogen (secondary N) is 2. The van der Waals surface area contributed by atoms with E-state index in [1.807, 2.05) is 0 Å². The number of carbonyl (C=O) groups is 2. The summed E-state index contributed by atoms with van der Waals surface area (Å²) < 4.78 is 16.2. The minimum atomic E-state index is -0.881. The third-order valence-corrected chi connectivity index (χ3v) is 3.93. The summed E-state index contributed by atoms with van der Waals surface area (Å²) in [5.74, 6) is 0.165. The fourth-order valence-electron chi connectivity index (χ4n) is 2.13. The maximum Gasteiger partial charge on any atom is 0.283 e. The van der Waals surface area contributed by atoms with Crippen LogP contribution in [0.15, 0.2) is 42.5 Å². The standard InChI is InChI=1S/C17H14Cl2N2O5/c18-10-5-6-11(19)14(7-10)25-9-16(22)20-21-17(23)15-8-24-12-3-1-2-4-13(12)26-15/h1-7,15H,8-9H2,(H,20,22)(H,21,23)/t15-/m0/s1. The lowest BCUT2D eigenvalue weighted by atomic mass is 10.2. The summed E-state index contributed by atoms with van der Waals surface area (Å²) >= 11 is 11.8. The molecule has 2 N–H and O–H groups in total. The SMILES string of the molecule is O=C(COc1cc(Cl)ccc1Cl)NNC(=O)[C@@H]1COc2ccccc2O1. The van der Waals surface area contributed by atoms with Crippen LogP contribution >= 0.6 is 23.2 Å². The Hall–Kier alpha value is -2.64. The lowest BCUT2D eigenvalue weighted by Crippen LogP contribution is -2.51. The molecule has 2 aromatic carbocycles. The molecule has 1 heterocycles. The van der Waals surface area contributed by atoms with Crippen molar-refractivity contribution < 1.29 is 23.8 Å². The molecule has 136 valence electrons. The van der Waals surface area contributed by atoms with Crippen molar-refractivity contribution in [3.8, 4) is 17.2 Å². The van der Waals surface area contributed by atoms with Crippen LogP contribution in [0, 0.1) is 0 Å². The number of ether oxygens (including phenoxy) is 3. The summed E-state index contributed by atoms with van der Waals surface area (Å²) in [6, 6.07) is 11.6. The molecular formula is C17H14Cl2N2O5. The number of amides is 2. The van der Waals surface area contributed by atoms with E-state index in [4.69, 9.17) is 37.4 Å². The number of halogens is 2. The molecule has 1 aliphatic heterocycles. The maximum absolute atomic E-state index is 12.1. The van der Waals surface area contributed by atoms with Crippen LogP contribution in [0.25, 0.3) is 0 Å². The minimum Gasteiger partial charge on any atom is -0.485 e. The van der Waals surface area contributed by atoms with Gasteiger partial charge in [0.25, 0.3) is 11.8 Å². The lowest BCUT2D eigenvalue weighted by Gasteiger charge is -2.25. The number of hydrogen-bond acceptors (Lipinski definition) is 5. The van der Waals surface area contributed by atoms with E-state index in [0.29, 0.717) is 21.5 Å². The second-order valence-electron chi connectivity index (χ2n) is 5.27. The third kappa shape index (κ3) is 4.50. The average molecular weight is 397 g/mol. The van der Waals surface area contributed by atoms with E-state index in [1.165, 1.54) is 6.07 Å². The second-order valence-corrected chi connectivity index (χ2v) is 6.11. The Morgan fingerprint density at radius 3 is 2.69 bits per heavy atom. The zero-order valence-corrected chi connectivity index (χ0v) is 14.8. The van der Waals surface area contributed by atoms with Gasteiger partial charge in [0.1, 0.15) is 12.4 Å². The Labute approximate surface area is 159 Å². The summed E-state index contributed by atoms with van der Waals surface area (Å²) in [4.78, 5) is 23.9. The predicted molar refractivity (Wildman–Crippen MR) is 94.6 cm³/mol. The van der Waals surface area contributed by atoms with Gasteiger partial charge in [0, 0.05) is 11.1 Å². The predicted octanol–water partition coefficient (Wildman–Crippen LogP) is 2.36. The zero-order chi connectivity index (χ0) is 18.5. The molecule has 0 fully saturated rings. The van der Waals surface area contributed by atoms with Gasteiger partial charge in [-0.2, -0.15) is 0 Å². The molecule has 0 saturated heterocycles. The third-order valence-electron chi connectivity index (χ3n) is 3.38. The molecule has 0 bridgehead atoms. The van der Waals surface area contributed by atoms with Crippen LogP contribution in [0.5, 0.6) is 17.2 Å². The molecule has 0 aliphatic carbocycles. The van der Waals surface area contributed by atoms with Crippen LogP contribution < -0.4 is 25.1 Å². The van der Waals surface area contributed by atoms with Crippen molar-refractivity contribution in [2.45, 2.75) is 6.10 Å². The topological polar surface area (TPSA) is 85.9 Å². The van der Waals surface area contributed by atoms with Gasteiger partial charge in [-0.05, 0) is 24.3 Å². The van der Waals surface area contributed by atoms with Crippen molar-refractivity contribution in [3.05, 3.63) is 52.5 Å². The molecule has 9 heteroatoms. The van der Waals surface area contributed by atoms with Gasteiger partial charge in [-0.1, -0.05) is 35.3 Å². The van der Waals surface area contributed by atoms with Crippen molar-refractivity contribution in [1.29, 1.82) is 0 Å². The number of para-hydroxylation sites is 2. The van der Waals surface area contributed by atoms with Crippen LogP contribution in [-0.4, -0.2) is 31.1 Å². The number of rotatable bonds is 4. The van der Waals surface area contributed by atoms with Gasteiger partial charge in [-0.15, -0.1) is 0 Å². The highest BCUT2D eigenvalue weighted by molar-refractivity contribution is 6.34. The summed E-state index contributed by atoms with van der Waals surface area (Å²) in [7, 11) is 0. The highest BCUT2D eigenvalue weighted by atomic mass is 35.5. The molecule has 2 amide bonds.